The van der Waals surface area contributed by atoms with Gasteiger partial charge in [0.2, 0.25) is 0 Å². The van der Waals surface area contributed by atoms with Gasteiger partial charge >= 0.3 is 5.97 Å². The molecule has 1 aromatic rings. The molecule has 0 N–H and O–H groups in total. The van der Waals surface area contributed by atoms with E-state index < -0.39 is 0 Å². The highest BCUT2D eigenvalue weighted by molar-refractivity contribution is 5.77. The summed E-state index contributed by atoms with van der Waals surface area (Å²) in [5, 5.41) is 8.95. The number of carbonyl (C=O) groups excluding carboxylic acids is 1. The first-order chi connectivity index (χ1) is 10.8. The maximum absolute atomic E-state index is 11.8. The third-order valence-electron chi connectivity index (χ3n) is 5.30. The molecule has 4 rings (SSSR count). The number of rotatable bonds is 2. The summed E-state index contributed by atoms with van der Waals surface area (Å²) < 4.78 is 7.49. The van der Waals surface area contributed by atoms with Crippen molar-refractivity contribution in [2.24, 2.45) is 0 Å². The molecule has 2 unspecified atom stereocenters. The third kappa shape index (κ3) is 2.53. The second kappa shape index (κ2) is 5.99. The Balaban J connectivity index is 1.53. The Hall–Kier alpha value is -1.43. The number of ether oxygens (including phenoxy) is 1. The number of hydrogen-bond donors (Lipinski definition) is 0. The normalized spacial score (nSPS) is 29.9. The lowest BCUT2D eigenvalue weighted by atomic mass is 9.95. The molecule has 0 saturated carbocycles. The molecule has 120 valence electrons. The van der Waals surface area contributed by atoms with Gasteiger partial charge in [0, 0.05) is 31.8 Å². The Morgan fingerprint density at radius 1 is 1.05 bits per heavy atom. The van der Waals surface area contributed by atoms with E-state index in [4.69, 9.17) is 4.74 Å². The average molecular weight is 304 g/mol. The lowest BCUT2D eigenvalue weighted by Crippen LogP contribution is -2.44. The van der Waals surface area contributed by atoms with Crippen LogP contribution in [0.5, 0.6) is 0 Å². The fourth-order valence-electron chi connectivity index (χ4n) is 4.13. The van der Waals surface area contributed by atoms with Crippen LogP contribution >= 0.6 is 0 Å². The number of carbonyl (C=O) groups is 1. The minimum atomic E-state index is -0.0410. The van der Waals surface area contributed by atoms with Gasteiger partial charge in [-0.25, -0.2) is 0 Å². The maximum atomic E-state index is 11.8. The molecular formula is C16H24N4O2. The van der Waals surface area contributed by atoms with Gasteiger partial charge in [-0.05, 0) is 32.2 Å². The third-order valence-corrected chi connectivity index (χ3v) is 5.30. The molecule has 6 nitrogen and oxygen atoms in total. The first-order valence-corrected chi connectivity index (χ1v) is 8.65. The monoisotopic (exact) mass is 304 g/mol. The highest BCUT2D eigenvalue weighted by Gasteiger charge is 2.36. The Morgan fingerprint density at radius 2 is 2.00 bits per heavy atom. The van der Waals surface area contributed by atoms with Crippen molar-refractivity contribution in [3.05, 3.63) is 11.6 Å². The van der Waals surface area contributed by atoms with E-state index in [-0.39, 0.29) is 12.0 Å². The highest BCUT2D eigenvalue weighted by Crippen LogP contribution is 2.30. The van der Waals surface area contributed by atoms with Gasteiger partial charge in [-0.3, -0.25) is 9.69 Å². The van der Waals surface area contributed by atoms with Gasteiger partial charge < -0.3 is 9.30 Å². The van der Waals surface area contributed by atoms with Gasteiger partial charge in [-0.1, -0.05) is 6.42 Å². The van der Waals surface area contributed by atoms with Crippen molar-refractivity contribution in [3.63, 3.8) is 0 Å². The van der Waals surface area contributed by atoms with E-state index in [1.807, 2.05) is 0 Å². The number of piperidine rings is 1. The number of cyclic esters (lactones) is 1. The minimum absolute atomic E-state index is 0.0330. The van der Waals surface area contributed by atoms with Crippen molar-refractivity contribution in [2.45, 2.75) is 63.5 Å². The van der Waals surface area contributed by atoms with Crippen molar-refractivity contribution in [1.29, 1.82) is 0 Å². The van der Waals surface area contributed by atoms with Crippen molar-refractivity contribution in [3.8, 4) is 0 Å². The molecule has 2 atom stereocenters. The number of esters is 1. The van der Waals surface area contributed by atoms with Gasteiger partial charge in [0.05, 0.1) is 6.61 Å². The summed E-state index contributed by atoms with van der Waals surface area (Å²) >= 11 is 0. The molecule has 0 aliphatic carbocycles. The van der Waals surface area contributed by atoms with E-state index in [0.29, 0.717) is 12.5 Å². The number of aryl methyl sites for hydroxylation is 1. The van der Waals surface area contributed by atoms with Crippen LogP contribution in [0.4, 0.5) is 0 Å². The molecule has 2 saturated heterocycles. The Bertz CT molecular complexity index is 556. The summed E-state index contributed by atoms with van der Waals surface area (Å²) in [6.45, 7) is 3.54. The van der Waals surface area contributed by atoms with E-state index in [1.54, 1.807) is 0 Å². The van der Waals surface area contributed by atoms with Gasteiger partial charge in [0.15, 0.2) is 0 Å². The molecular weight excluding hydrogens is 280 g/mol. The minimum Gasteiger partial charge on any atom is -0.464 e. The fraction of sp³-hybridized carbons (Fsp3) is 0.812. The second-order valence-electron chi connectivity index (χ2n) is 6.74. The predicted molar refractivity (Wildman–Crippen MR) is 80.5 cm³/mol. The average Bonchev–Trinajstić information content (AvgIpc) is 3.07. The van der Waals surface area contributed by atoms with Crippen LogP contribution in [-0.2, 0) is 22.5 Å². The van der Waals surface area contributed by atoms with Crippen LogP contribution in [0.25, 0.3) is 0 Å². The lowest BCUT2D eigenvalue weighted by molar-refractivity contribution is -0.142. The van der Waals surface area contributed by atoms with Crippen molar-refractivity contribution in [1.82, 2.24) is 19.7 Å². The van der Waals surface area contributed by atoms with Crippen molar-refractivity contribution >= 4 is 5.97 Å². The van der Waals surface area contributed by atoms with Crippen molar-refractivity contribution < 1.29 is 9.53 Å². The number of hydrogen-bond acceptors (Lipinski definition) is 5. The van der Waals surface area contributed by atoms with Gasteiger partial charge in [0.1, 0.15) is 17.7 Å². The predicted octanol–water partition coefficient (Wildman–Crippen LogP) is 1.50. The molecule has 2 fully saturated rings. The molecule has 4 heterocycles. The van der Waals surface area contributed by atoms with Crippen molar-refractivity contribution in [2.75, 3.05) is 19.7 Å². The molecule has 0 radical (unpaired) electrons. The molecule has 0 spiro atoms. The Morgan fingerprint density at radius 3 is 2.86 bits per heavy atom. The summed E-state index contributed by atoms with van der Waals surface area (Å²) in [5.74, 6) is 2.67. The SMILES string of the molecule is O=C1OCCC1N1CCCC(c2nnc3n2CCCCC3)C1. The standard InChI is InChI=1S/C16H24N4O2/c21-16-13(7-10-22-16)19-8-4-5-12(11-19)15-18-17-14-6-2-1-3-9-20(14)15/h12-13H,1-11H2. The van der Waals surface area contributed by atoms with E-state index in [9.17, 15) is 4.79 Å². The number of fused-ring (bicyclic) bond motifs is 1. The van der Waals surface area contributed by atoms with Crippen LogP contribution < -0.4 is 0 Å². The Kier molecular flexibility index (Phi) is 3.86. The summed E-state index contributed by atoms with van der Waals surface area (Å²) in [5.41, 5.74) is 0. The van der Waals surface area contributed by atoms with Crippen LogP contribution in [0.15, 0.2) is 0 Å². The zero-order chi connectivity index (χ0) is 14.9. The number of likely N-dealkylation sites (tertiary alicyclic amines) is 1. The van der Waals surface area contributed by atoms with Gasteiger partial charge in [0.25, 0.3) is 0 Å². The Labute approximate surface area is 130 Å². The first-order valence-electron chi connectivity index (χ1n) is 8.65. The van der Waals surface area contributed by atoms with Crippen LogP contribution in [0.3, 0.4) is 0 Å². The summed E-state index contributed by atoms with van der Waals surface area (Å²) in [4.78, 5) is 14.2. The first kappa shape index (κ1) is 14.2. The van der Waals surface area contributed by atoms with E-state index >= 15 is 0 Å². The molecule has 0 amide bonds. The topological polar surface area (TPSA) is 60.2 Å². The largest absolute Gasteiger partial charge is 0.464 e. The van der Waals surface area contributed by atoms with E-state index in [2.05, 4.69) is 19.7 Å². The molecule has 3 aliphatic heterocycles. The fourth-order valence-corrected chi connectivity index (χ4v) is 4.13. The smallest absolute Gasteiger partial charge is 0.323 e. The summed E-state index contributed by atoms with van der Waals surface area (Å²) in [6.07, 6.45) is 7.90. The van der Waals surface area contributed by atoms with Crippen LogP contribution in [0, 0.1) is 0 Å². The molecule has 22 heavy (non-hydrogen) atoms. The molecule has 1 aromatic heterocycles. The van der Waals surface area contributed by atoms with E-state index in [0.717, 1.165) is 57.0 Å². The maximum Gasteiger partial charge on any atom is 0.323 e. The van der Waals surface area contributed by atoms with Gasteiger partial charge in [-0.2, -0.15) is 0 Å². The number of nitrogens with zero attached hydrogens (tertiary/aromatic N) is 4. The van der Waals surface area contributed by atoms with Gasteiger partial charge in [-0.15, -0.1) is 10.2 Å². The lowest BCUT2D eigenvalue weighted by Gasteiger charge is -2.34. The zero-order valence-corrected chi connectivity index (χ0v) is 13.0. The van der Waals surface area contributed by atoms with Crippen LogP contribution in [0.1, 0.15) is 56.1 Å². The van der Waals surface area contributed by atoms with Crippen LogP contribution in [-0.4, -0.2) is 51.4 Å². The summed E-state index contributed by atoms with van der Waals surface area (Å²) in [7, 11) is 0. The summed E-state index contributed by atoms with van der Waals surface area (Å²) in [6, 6.07) is -0.0330. The molecule has 6 heteroatoms. The molecule has 0 bridgehead atoms. The number of aromatic nitrogens is 3. The van der Waals surface area contributed by atoms with E-state index in [1.165, 1.54) is 19.3 Å². The zero-order valence-electron chi connectivity index (χ0n) is 13.0. The van der Waals surface area contributed by atoms with Crippen LogP contribution in [0.2, 0.25) is 0 Å². The second-order valence-corrected chi connectivity index (χ2v) is 6.74. The quantitative estimate of drug-likeness (QED) is 0.775. The molecule has 3 aliphatic rings. The molecule has 0 aromatic carbocycles. The highest BCUT2D eigenvalue weighted by atomic mass is 16.5.